The number of amides is 2. The lowest BCUT2D eigenvalue weighted by Gasteiger charge is -2.28. The average Bonchev–Trinajstić information content (AvgIpc) is 3.20. The molecule has 1 N–H and O–H groups in total. The van der Waals surface area contributed by atoms with E-state index in [4.69, 9.17) is 4.74 Å². The fourth-order valence-corrected chi connectivity index (χ4v) is 3.33. The Morgan fingerprint density at radius 2 is 2.20 bits per heavy atom. The van der Waals surface area contributed by atoms with E-state index in [-0.39, 0.29) is 29.8 Å². The summed E-state index contributed by atoms with van der Waals surface area (Å²) in [6.07, 6.45) is 4.78. The van der Waals surface area contributed by atoms with Gasteiger partial charge < -0.3 is 15.0 Å². The lowest BCUT2D eigenvalue weighted by atomic mass is 9.94. The highest BCUT2D eigenvalue weighted by atomic mass is 16.5. The van der Waals surface area contributed by atoms with Crippen LogP contribution in [0.3, 0.4) is 0 Å². The number of hydrogen-bond donors (Lipinski definition) is 1. The van der Waals surface area contributed by atoms with Crippen LogP contribution in [0.15, 0.2) is 0 Å². The molecule has 0 radical (unpaired) electrons. The molecule has 2 saturated heterocycles. The fourth-order valence-electron chi connectivity index (χ4n) is 3.33. The van der Waals surface area contributed by atoms with Gasteiger partial charge in [-0.1, -0.05) is 0 Å². The number of carbonyl (C=O) groups excluding carboxylic acids is 2. The van der Waals surface area contributed by atoms with Crippen molar-refractivity contribution >= 4 is 11.8 Å². The van der Waals surface area contributed by atoms with Crippen LogP contribution >= 0.6 is 0 Å². The highest BCUT2D eigenvalue weighted by Gasteiger charge is 2.39. The van der Waals surface area contributed by atoms with Crippen molar-refractivity contribution in [1.29, 1.82) is 0 Å². The van der Waals surface area contributed by atoms with Gasteiger partial charge in [0.15, 0.2) is 0 Å². The van der Waals surface area contributed by atoms with E-state index in [0.29, 0.717) is 19.0 Å². The Hall–Kier alpha value is -1.10. The summed E-state index contributed by atoms with van der Waals surface area (Å²) in [7, 11) is 0. The summed E-state index contributed by atoms with van der Waals surface area (Å²) in [5, 5.41) is 3.03. The molecule has 3 atom stereocenters. The molecule has 2 amide bonds. The zero-order chi connectivity index (χ0) is 14.1. The minimum Gasteiger partial charge on any atom is -0.378 e. The van der Waals surface area contributed by atoms with Crippen LogP contribution in [0.1, 0.15) is 39.0 Å². The van der Waals surface area contributed by atoms with E-state index in [0.717, 1.165) is 38.8 Å². The lowest BCUT2D eigenvalue weighted by molar-refractivity contribution is -0.133. The van der Waals surface area contributed by atoms with E-state index in [1.54, 1.807) is 0 Å². The van der Waals surface area contributed by atoms with Gasteiger partial charge in [0.1, 0.15) is 0 Å². The van der Waals surface area contributed by atoms with Crippen LogP contribution in [0.25, 0.3) is 0 Å². The second kappa shape index (κ2) is 5.72. The first-order chi connectivity index (χ1) is 9.65. The van der Waals surface area contributed by atoms with E-state index < -0.39 is 0 Å². The lowest BCUT2D eigenvalue weighted by Crippen LogP contribution is -2.42. The monoisotopic (exact) mass is 280 g/mol. The molecule has 0 aromatic rings. The van der Waals surface area contributed by atoms with Crippen LogP contribution in [0, 0.1) is 11.8 Å². The predicted molar refractivity (Wildman–Crippen MR) is 74.0 cm³/mol. The van der Waals surface area contributed by atoms with Crippen molar-refractivity contribution in [1.82, 2.24) is 10.2 Å². The van der Waals surface area contributed by atoms with Gasteiger partial charge in [-0.05, 0) is 32.6 Å². The van der Waals surface area contributed by atoms with Crippen molar-refractivity contribution in [2.45, 2.75) is 51.2 Å². The Balaban J connectivity index is 1.45. The van der Waals surface area contributed by atoms with Crippen LogP contribution in [-0.2, 0) is 14.3 Å². The van der Waals surface area contributed by atoms with Crippen molar-refractivity contribution in [2.75, 3.05) is 19.7 Å². The fraction of sp³-hybridized carbons (Fsp3) is 0.867. The topological polar surface area (TPSA) is 58.6 Å². The molecule has 2 heterocycles. The molecular formula is C15H24N2O3. The zero-order valence-electron chi connectivity index (χ0n) is 12.1. The molecule has 112 valence electrons. The Bertz CT molecular complexity index is 395. The third-order valence-corrected chi connectivity index (χ3v) is 4.73. The number of rotatable bonds is 4. The summed E-state index contributed by atoms with van der Waals surface area (Å²) >= 11 is 0. The SMILES string of the molecule is C[C@@H]1OCCC[C@@H]1C(=O)NC[C@@H]1CC(=O)N(C2CC2)C1. The first-order valence-electron chi connectivity index (χ1n) is 7.84. The average molecular weight is 280 g/mol. The summed E-state index contributed by atoms with van der Waals surface area (Å²) in [4.78, 5) is 26.0. The smallest absolute Gasteiger partial charge is 0.225 e. The molecule has 3 fully saturated rings. The van der Waals surface area contributed by atoms with Crippen molar-refractivity contribution in [3.63, 3.8) is 0 Å². The number of ether oxygens (including phenoxy) is 1. The van der Waals surface area contributed by atoms with Gasteiger partial charge in [0.05, 0.1) is 12.0 Å². The molecule has 0 aromatic heterocycles. The molecule has 2 aliphatic heterocycles. The Morgan fingerprint density at radius 3 is 2.90 bits per heavy atom. The van der Waals surface area contributed by atoms with E-state index >= 15 is 0 Å². The Morgan fingerprint density at radius 1 is 1.40 bits per heavy atom. The van der Waals surface area contributed by atoms with Crippen LogP contribution in [0.5, 0.6) is 0 Å². The molecule has 0 aromatic carbocycles. The normalized spacial score (nSPS) is 34.4. The van der Waals surface area contributed by atoms with Gasteiger partial charge in [0, 0.05) is 38.1 Å². The molecule has 0 unspecified atom stereocenters. The number of carbonyl (C=O) groups is 2. The van der Waals surface area contributed by atoms with Gasteiger partial charge in [0.25, 0.3) is 0 Å². The van der Waals surface area contributed by atoms with Crippen molar-refractivity contribution in [2.24, 2.45) is 11.8 Å². The van der Waals surface area contributed by atoms with Gasteiger partial charge in [-0.25, -0.2) is 0 Å². The molecule has 5 heteroatoms. The van der Waals surface area contributed by atoms with Gasteiger partial charge >= 0.3 is 0 Å². The van der Waals surface area contributed by atoms with Gasteiger partial charge in [-0.2, -0.15) is 0 Å². The first-order valence-corrected chi connectivity index (χ1v) is 7.84. The molecular weight excluding hydrogens is 256 g/mol. The standard InChI is InChI=1S/C15H24N2O3/c1-10-13(3-2-6-20-10)15(19)16-8-11-7-14(18)17(9-11)12-4-5-12/h10-13H,2-9H2,1H3,(H,16,19)/t10-,11-,13-/m0/s1. The highest BCUT2D eigenvalue weighted by molar-refractivity contribution is 5.81. The van der Waals surface area contributed by atoms with Gasteiger partial charge in [-0.15, -0.1) is 0 Å². The zero-order valence-corrected chi connectivity index (χ0v) is 12.1. The summed E-state index contributed by atoms with van der Waals surface area (Å²) in [5.41, 5.74) is 0. The molecule has 0 bridgehead atoms. The van der Waals surface area contributed by atoms with E-state index in [1.165, 1.54) is 0 Å². The predicted octanol–water partition coefficient (Wildman–Crippen LogP) is 0.929. The van der Waals surface area contributed by atoms with Crippen molar-refractivity contribution < 1.29 is 14.3 Å². The van der Waals surface area contributed by atoms with E-state index in [9.17, 15) is 9.59 Å². The summed E-state index contributed by atoms with van der Waals surface area (Å²) in [5.74, 6) is 0.614. The second-order valence-corrected chi connectivity index (χ2v) is 6.42. The minimum absolute atomic E-state index is 0.0110. The van der Waals surface area contributed by atoms with Crippen LogP contribution in [0.2, 0.25) is 0 Å². The number of nitrogens with zero attached hydrogens (tertiary/aromatic N) is 1. The maximum absolute atomic E-state index is 12.2. The second-order valence-electron chi connectivity index (χ2n) is 6.42. The number of hydrogen-bond acceptors (Lipinski definition) is 3. The van der Waals surface area contributed by atoms with E-state index in [2.05, 4.69) is 5.32 Å². The van der Waals surface area contributed by atoms with Gasteiger partial charge in [-0.3, -0.25) is 9.59 Å². The summed E-state index contributed by atoms with van der Waals surface area (Å²) in [6.45, 7) is 4.17. The van der Waals surface area contributed by atoms with Crippen molar-refractivity contribution in [3.8, 4) is 0 Å². The van der Waals surface area contributed by atoms with Crippen LogP contribution < -0.4 is 5.32 Å². The summed E-state index contributed by atoms with van der Waals surface area (Å²) in [6, 6.07) is 0.495. The molecule has 20 heavy (non-hydrogen) atoms. The van der Waals surface area contributed by atoms with Crippen LogP contribution in [0.4, 0.5) is 0 Å². The Kier molecular flexibility index (Phi) is 3.96. The minimum atomic E-state index is -0.0274. The molecule has 0 spiro atoms. The molecule has 3 rings (SSSR count). The Labute approximate surface area is 120 Å². The number of nitrogens with one attached hydrogen (secondary N) is 1. The molecule has 1 aliphatic carbocycles. The molecule has 1 saturated carbocycles. The maximum atomic E-state index is 12.2. The van der Waals surface area contributed by atoms with Gasteiger partial charge in [0.2, 0.25) is 11.8 Å². The molecule has 3 aliphatic rings. The number of likely N-dealkylation sites (tertiary alicyclic amines) is 1. The summed E-state index contributed by atoms with van der Waals surface area (Å²) < 4.78 is 5.53. The maximum Gasteiger partial charge on any atom is 0.225 e. The first kappa shape index (κ1) is 13.9. The highest BCUT2D eigenvalue weighted by Crippen LogP contribution is 2.32. The third kappa shape index (κ3) is 2.97. The van der Waals surface area contributed by atoms with Crippen LogP contribution in [-0.4, -0.2) is 48.6 Å². The van der Waals surface area contributed by atoms with Crippen molar-refractivity contribution in [3.05, 3.63) is 0 Å². The largest absolute Gasteiger partial charge is 0.378 e. The van der Waals surface area contributed by atoms with E-state index in [1.807, 2.05) is 11.8 Å². The molecule has 5 nitrogen and oxygen atoms in total. The third-order valence-electron chi connectivity index (χ3n) is 4.73. The quantitative estimate of drug-likeness (QED) is 0.833.